The summed E-state index contributed by atoms with van der Waals surface area (Å²) < 4.78 is 16.0. The number of nitrogens with zero attached hydrogens (tertiary/aromatic N) is 2. The Labute approximate surface area is 179 Å². The van der Waals surface area contributed by atoms with E-state index in [4.69, 9.17) is 0 Å². The molecule has 3 rings (SSSR count). The molecule has 0 aliphatic rings. The van der Waals surface area contributed by atoms with Crippen molar-refractivity contribution in [2.45, 2.75) is 18.7 Å². The number of hydrogen-bond donors (Lipinski definition) is 1. The molecule has 0 saturated heterocycles. The van der Waals surface area contributed by atoms with Crippen LogP contribution in [0.25, 0.3) is 5.69 Å². The lowest BCUT2D eigenvalue weighted by Crippen LogP contribution is -2.35. The Morgan fingerprint density at radius 3 is 2.47 bits per heavy atom. The van der Waals surface area contributed by atoms with Crippen LogP contribution in [0.5, 0.6) is 0 Å². The first kappa shape index (κ1) is 21.6. The smallest absolute Gasteiger partial charge is 0.255 e. The molecule has 0 spiro atoms. The molecule has 30 heavy (non-hydrogen) atoms. The predicted molar refractivity (Wildman–Crippen MR) is 119 cm³/mol. The quantitative estimate of drug-likeness (QED) is 0.584. The second kappa shape index (κ2) is 9.17. The normalized spacial score (nSPS) is 10.7. The van der Waals surface area contributed by atoms with Crippen LogP contribution in [0.15, 0.2) is 59.5 Å². The third-order valence-corrected chi connectivity index (χ3v) is 5.66. The van der Waals surface area contributed by atoms with Gasteiger partial charge in [0.05, 0.1) is 23.5 Å². The Bertz CT molecular complexity index is 1090. The van der Waals surface area contributed by atoms with E-state index in [1.165, 1.54) is 22.7 Å². The third-order valence-electron chi connectivity index (χ3n) is 4.86. The average molecular weight is 426 g/mol. The number of carbonyl (C=O) groups is 2. The Morgan fingerprint density at radius 1 is 1.10 bits per heavy atom. The van der Waals surface area contributed by atoms with Gasteiger partial charge in [0.25, 0.3) is 5.91 Å². The number of thioether (sulfide) groups is 1. The van der Waals surface area contributed by atoms with E-state index in [0.29, 0.717) is 22.6 Å². The average Bonchev–Trinajstić information content (AvgIpc) is 3.02. The van der Waals surface area contributed by atoms with Gasteiger partial charge in [-0.15, -0.1) is 11.8 Å². The number of anilines is 1. The second-order valence-electron chi connectivity index (χ2n) is 6.98. The number of para-hydroxylation sites is 2. The fourth-order valence-electron chi connectivity index (χ4n) is 3.41. The number of nitrogens with one attached hydrogen (secondary N) is 1. The van der Waals surface area contributed by atoms with E-state index < -0.39 is 0 Å². The summed E-state index contributed by atoms with van der Waals surface area (Å²) in [6.07, 6.45) is 1.94. The van der Waals surface area contributed by atoms with Gasteiger partial charge in [-0.1, -0.05) is 24.3 Å². The molecular weight excluding hydrogens is 401 g/mol. The molecule has 1 N–H and O–H groups in total. The second-order valence-corrected chi connectivity index (χ2v) is 7.83. The lowest BCUT2D eigenvalue weighted by molar-refractivity contribution is -0.116. The molecule has 0 radical (unpaired) electrons. The first-order valence-electron chi connectivity index (χ1n) is 9.45. The van der Waals surface area contributed by atoms with Crippen LogP contribution in [0, 0.1) is 19.7 Å². The summed E-state index contributed by atoms with van der Waals surface area (Å²) in [7, 11) is 1.58. The number of halogens is 1. The van der Waals surface area contributed by atoms with Gasteiger partial charge in [0.15, 0.2) is 0 Å². The maximum absolute atomic E-state index is 14.3. The van der Waals surface area contributed by atoms with Crippen LogP contribution >= 0.6 is 11.8 Å². The van der Waals surface area contributed by atoms with E-state index in [0.717, 1.165) is 10.6 Å². The molecule has 156 valence electrons. The molecular formula is C23H24FN3O2S. The number of benzene rings is 2. The van der Waals surface area contributed by atoms with Gasteiger partial charge in [-0.3, -0.25) is 9.59 Å². The summed E-state index contributed by atoms with van der Waals surface area (Å²) in [6, 6.07) is 15.7. The van der Waals surface area contributed by atoms with Crippen LogP contribution in [0.2, 0.25) is 0 Å². The van der Waals surface area contributed by atoms with Crippen molar-refractivity contribution < 1.29 is 14.0 Å². The highest BCUT2D eigenvalue weighted by atomic mass is 32.2. The Morgan fingerprint density at radius 2 is 1.77 bits per heavy atom. The lowest BCUT2D eigenvalue weighted by atomic mass is 10.2. The minimum absolute atomic E-state index is 0.0923. The topological polar surface area (TPSA) is 54.3 Å². The number of carbonyl (C=O) groups excluding carboxylic acids is 2. The molecule has 3 aromatic rings. The van der Waals surface area contributed by atoms with Crippen molar-refractivity contribution in [3.05, 3.63) is 77.4 Å². The zero-order valence-electron chi connectivity index (χ0n) is 17.4. The van der Waals surface area contributed by atoms with Gasteiger partial charge in [0.1, 0.15) is 5.82 Å². The highest BCUT2D eigenvalue weighted by molar-refractivity contribution is 7.98. The van der Waals surface area contributed by atoms with Crippen molar-refractivity contribution in [1.29, 1.82) is 0 Å². The van der Waals surface area contributed by atoms with Gasteiger partial charge in [-0.05, 0) is 50.4 Å². The van der Waals surface area contributed by atoms with Crippen molar-refractivity contribution in [3.63, 3.8) is 0 Å². The van der Waals surface area contributed by atoms with E-state index in [1.54, 1.807) is 42.8 Å². The van der Waals surface area contributed by atoms with Gasteiger partial charge in [0, 0.05) is 23.3 Å². The number of hydrogen-bond acceptors (Lipinski definition) is 3. The predicted octanol–water partition coefficient (Wildman–Crippen LogP) is 4.67. The summed E-state index contributed by atoms with van der Waals surface area (Å²) in [4.78, 5) is 27.8. The van der Waals surface area contributed by atoms with E-state index in [1.807, 2.05) is 37.4 Å². The van der Waals surface area contributed by atoms with Crippen LogP contribution in [-0.4, -0.2) is 41.1 Å². The summed E-state index contributed by atoms with van der Waals surface area (Å²) in [5.74, 6) is -0.937. The number of likely N-dealkylation sites (N-methyl/N-ethyl adjacent to an activating group) is 1. The van der Waals surface area contributed by atoms with Gasteiger partial charge < -0.3 is 14.8 Å². The van der Waals surface area contributed by atoms with Gasteiger partial charge in [-0.2, -0.15) is 0 Å². The molecule has 2 amide bonds. The monoisotopic (exact) mass is 425 g/mol. The van der Waals surface area contributed by atoms with Gasteiger partial charge in [-0.25, -0.2) is 4.39 Å². The van der Waals surface area contributed by atoms with E-state index in [-0.39, 0.29) is 24.2 Å². The fraction of sp³-hybridized carbons (Fsp3) is 0.217. The van der Waals surface area contributed by atoms with Crippen LogP contribution in [0.1, 0.15) is 21.7 Å². The molecule has 1 aromatic heterocycles. The Kier molecular flexibility index (Phi) is 6.62. The largest absolute Gasteiger partial charge is 0.332 e. The van der Waals surface area contributed by atoms with Crippen LogP contribution < -0.4 is 5.32 Å². The highest BCUT2D eigenvalue weighted by Gasteiger charge is 2.22. The summed E-state index contributed by atoms with van der Waals surface area (Å²) in [5, 5.41) is 2.85. The molecule has 0 aliphatic carbocycles. The maximum Gasteiger partial charge on any atom is 0.255 e. The first-order chi connectivity index (χ1) is 14.3. The number of aryl methyl sites for hydroxylation is 1. The molecule has 7 heteroatoms. The SMILES string of the molecule is CSc1ccccc1NC(=O)CN(C)C(=O)c1cc(C)n(-c2ccccc2F)c1C. The van der Waals surface area contributed by atoms with E-state index in [9.17, 15) is 14.0 Å². The molecule has 0 unspecified atom stereocenters. The molecule has 0 bridgehead atoms. The number of aromatic nitrogens is 1. The number of amides is 2. The Hall–Kier alpha value is -3.06. The van der Waals surface area contributed by atoms with Crippen molar-refractivity contribution >= 4 is 29.3 Å². The molecule has 2 aromatic carbocycles. The molecule has 0 fully saturated rings. The summed E-state index contributed by atoms with van der Waals surface area (Å²) >= 11 is 1.54. The third kappa shape index (κ3) is 4.41. The first-order valence-corrected chi connectivity index (χ1v) is 10.7. The highest BCUT2D eigenvalue weighted by Crippen LogP contribution is 2.25. The zero-order valence-corrected chi connectivity index (χ0v) is 18.2. The summed E-state index contributed by atoms with van der Waals surface area (Å²) in [6.45, 7) is 3.50. The van der Waals surface area contributed by atoms with Gasteiger partial charge >= 0.3 is 0 Å². The summed E-state index contributed by atoms with van der Waals surface area (Å²) in [5.41, 5.74) is 2.92. The van der Waals surface area contributed by atoms with Crippen LogP contribution in [-0.2, 0) is 4.79 Å². The van der Waals surface area contributed by atoms with Crippen molar-refractivity contribution in [1.82, 2.24) is 9.47 Å². The van der Waals surface area contributed by atoms with E-state index >= 15 is 0 Å². The number of rotatable bonds is 6. The zero-order chi connectivity index (χ0) is 21.8. The van der Waals surface area contributed by atoms with E-state index in [2.05, 4.69) is 5.32 Å². The van der Waals surface area contributed by atoms with Crippen molar-refractivity contribution in [2.75, 3.05) is 25.2 Å². The lowest BCUT2D eigenvalue weighted by Gasteiger charge is -2.18. The minimum Gasteiger partial charge on any atom is -0.332 e. The minimum atomic E-state index is -0.363. The van der Waals surface area contributed by atoms with Crippen LogP contribution in [0.4, 0.5) is 10.1 Å². The van der Waals surface area contributed by atoms with Gasteiger partial charge in [0.2, 0.25) is 5.91 Å². The molecule has 0 atom stereocenters. The van der Waals surface area contributed by atoms with Crippen molar-refractivity contribution in [2.24, 2.45) is 0 Å². The maximum atomic E-state index is 14.3. The molecule has 0 saturated carbocycles. The fourth-order valence-corrected chi connectivity index (χ4v) is 3.97. The molecule has 0 aliphatic heterocycles. The Balaban J connectivity index is 1.77. The molecule has 5 nitrogen and oxygen atoms in total. The standard InChI is InChI=1S/C23H24FN3O2S/c1-15-13-17(16(2)27(15)20-11-7-5-9-18(20)24)23(29)26(3)14-22(28)25-19-10-6-8-12-21(19)30-4/h5-13H,14H2,1-4H3,(H,25,28). The molecule has 1 heterocycles. The van der Waals surface area contributed by atoms with Crippen LogP contribution in [0.3, 0.4) is 0 Å². The van der Waals surface area contributed by atoms with Crippen molar-refractivity contribution in [3.8, 4) is 5.69 Å².